The first-order valence-corrected chi connectivity index (χ1v) is 9.51. The summed E-state index contributed by atoms with van der Waals surface area (Å²) in [5.41, 5.74) is -0.411. The summed E-state index contributed by atoms with van der Waals surface area (Å²) < 4.78 is 7.36. The molecule has 148 valence electrons. The van der Waals surface area contributed by atoms with Gasteiger partial charge in [0, 0.05) is 24.8 Å². The third-order valence-electron chi connectivity index (χ3n) is 5.02. The van der Waals surface area contributed by atoms with E-state index in [9.17, 15) is 9.59 Å². The molecule has 1 unspecified atom stereocenters. The number of fused-ring (bicyclic) bond motifs is 1. The van der Waals surface area contributed by atoms with Crippen LogP contribution in [0.5, 0.6) is 0 Å². The largest absolute Gasteiger partial charge is 0.360 e. The van der Waals surface area contributed by atoms with Gasteiger partial charge in [0.2, 0.25) is 5.91 Å². The van der Waals surface area contributed by atoms with Crippen molar-refractivity contribution in [1.29, 1.82) is 0 Å². The molecular formula is C18H23N7O3. The number of carbonyl (C=O) groups is 1. The van der Waals surface area contributed by atoms with E-state index in [4.69, 9.17) is 4.52 Å². The third kappa shape index (κ3) is 3.49. The number of piperidine rings is 1. The van der Waals surface area contributed by atoms with Crippen LogP contribution < -0.4 is 15.9 Å². The van der Waals surface area contributed by atoms with Crippen molar-refractivity contribution in [1.82, 2.24) is 24.3 Å². The minimum absolute atomic E-state index is 0.231. The van der Waals surface area contributed by atoms with Gasteiger partial charge in [0.25, 0.3) is 5.78 Å². The van der Waals surface area contributed by atoms with E-state index in [1.54, 1.807) is 19.2 Å². The Bertz CT molecular complexity index is 1050. The minimum Gasteiger partial charge on any atom is -0.360 e. The van der Waals surface area contributed by atoms with Crippen molar-refractivity contribution in [3.05, 3.63) is 34.6 Å². The van der Waals surface area contributed by atoms with Crippen LogP contribution in [0.2, 0.25) is 0 Å². The maximum Gasteiger partial charge on any atom is 0.352 e. The van der Waals surface area contributed by atoms with Crippen LogP contribution in [-0.4, -0.2) is 42.8 Å². The number of amides is 1. The van der Waals surface area contributed by atoms with Crippen molar-refractivity contribution in [2.24, 2.45) is 0 Å². The SMILES string of the molecule is CCC1CCCCN1c1ccn2c(=O)n(CC(=O)Nc3cc(C)on3)nc2n1. The van der Waals surface area contributed by atoms with Crippen LogP contribution in [0.15, 0.2) is 27.6 Å². The summed E-state index contributed by atoms with van der Waals surface area (Å²) in [6.45, 7) is 4.62. The first-order valence-electron chi connectivity index (χ1n) is 9.51. The summed E-state index contributed by atoms with van der Waals surface area (Å²) in [7, 11) is 0. The van der Waals surface area contributed by atoms with Gasteiger partial charge in [-0.2, -0.15) is 4.98 Å². The lowest BCUT2D eigenvalue weighted by Crippen LogP contribution is -2.39. The zero-order chi connectivity index (χ0) is 19.7. The molecule has 0 bridgehead atoms. The molecule has 3 aromatic heterocycles. The van der Waals surface area contributed by atoms with E-state index >= 15 is 0 Å². The molecule has 0 spiro atoms. The first-order chi connectivity index (χ1) is 13.5. The second kappa shape index (κ2) is 7.45. The molecule has 0 radical (unpaired) electrons. The maximum absolute atomic E-state index is 12.5. The van der Waals surface area contributed by atoms with E-state index in [1.807, 2.05) is 6.07 Å². The number of anilines is 2. The number of nitrogens with zero attached hydrogens (tertiary/aromatic N) is 6. The number of carbonyl (C=O) groups excluding carboxylic acids is 1. The number of rotatable bonds is 5. The van der Waals surface area contributed by atoms with Crippen molar-refractivity contribution in [2.45, 2.75) is 52.1 Å². The van der Waals surface area contributed by atoms with Crippen molar-refractivity contribution >= 4 is 23.3 Å². The van der Waals surface area contributed by atoms with Gasteiger partial charge in [-0.15, -0.1) is 5.10 Å². The number of nitrogens with one attached hydrogen (secondary N) is 1. The predicted molar refractivity (Wildman–Crippen MR) is 102 cm³/mol. The zero-order valence-corrected chi connectivity index (χ0v) is 16.0. The Labute approximate surface area is 161 Å². The molecule has 3 aromatic rings. The summed E-state index contributed by atoms with van der Waals surface area (Å²) in [6.07, 6.45) is 6.23. The lowest BCUT2D eigenvalue weighted by molar-refractivity contribution is -0.117. The third-order valence-corrected chi connectivity index (χ3v) is 5.02. The molecule has 1 aliphatic rings. The molecule has 1 aliphatic heterocycles. The van der Waals surface area contributed by atoms with Crippen LogP contribution in [0.25, 0.3) is 5.78 Å². The van der Waals surface area contributed by atoms with E-state index in [0.29, 0.717) is 17.6 Å². The molecule has 0 aliphatic carbocycles. The molecule has 1 N–H and O–H groups in total. The molecule has 28 heavy (non-hydrogen) atoms. The Balaban J connectivity index is 1.56. The average molecular weight is 385 g/mol. The molecule has 0 aromatic carbocycles. The Kier molecular flexibility index (Phi) is 4.84. The monoisotopic (exact) mass is 385 g/mol. The van der Waals surface area contributed by atoms with Crippen LogP contribution in [0, 0.1) is 6.92 Å². The molecule has 10 nitrogen and oxygen atoms in total. The van der Waals surface area contributed by atoms with Gasteiger partial charge in [-0.25, -0.2) is 13.9 Å². The van der Waals surface area contributed by atoms with E-state index in [1.165, 1.54) is 10.8 Å². The van der Waals surface area contributed by atoms with Gasteiger partial charge in [0.15, 0.2) is 5.82 Å². The molecular weight excluding hydrogens is 362 g/mol. The first kappa shape index (κ1) is 18.2. The number of aryl methyl sites for hydroxylation is 1. The molecule has 0 saturated carbocycles. The van der Waals surface area contributed by atoms with Crippen LogP contribution in [-0.2, 0) is 11.3 Å². The van der Waals surface area contributed by atoms with Crippen molar-refractivity contribution < 1.29 is 9.32 Å². The number of aromatic nitrogens is 5. The fourth-order valence-electron chi connectivity index (χ4n) is 3.63. The normalized spacial score (nSPS) is 17.2. The Morgan fingerprint density at radius 2 is 2.25 bits per heavy atom. The second-order valence-electron chi connectivity index (χ2n) is 7.02. The molecule has 1 fully saturated rings. The molecule has 4 rings (SSSR count). The van der Waals surface area contributed by atoms with Gasteiger partial charge >= 0.3 is 5.69 Å². The van der Waals surface area contributed by atoms with Gasteiger partial charge in [-0.3, -0.25) is 4.79 Å². The minimum atomic E-state index is -0.416. The van der Waals surface area contributed by atoms with Crippen LogP contribution in [0.4, 0.5) is 11.6 Å². The smallest absolute Gasteiger partial charge is 0.352 e. The summed E-state index contributed by atoms with van der Waals surface area (Å²) in [5, 5.41) is 10.5. The Hall–Kier alpha value is -3.17. The maximum atomic E-state index is 12.5. The standard InChI is InChI=1S/C18H23N7O3/c1-3-13-6-4-5-8-23(13)15-7-9-24-17(20-15)21-25(18(24)27)11-16(26)19-14-10-12(2)28-22-14/h7,9-10,13H,3-6,8,11H2,1-2H3,(H,19,22,26). The quantitative estimate of drug-likeness (QED) is 0.710. The lowest BCUT2D eigenvalue weighted by Gasteiger charge is -2.36. The zero-order valence-electron chi connectivity index (χ0n) is 16.0. The van der Waals surface area contributed by atoms with Crippen molar-refractivity contribution in [2.75, 3.05) is 16.8 Å². The lowest BCUT2D eigenvalue weighted by atomic mass is 10.0. The summed E-state index contributed by atoms with van der Waals surface area (Å²) >= 11 is 0. The highest BCUT2D eigenvalue weighted by Crippen LogP contribution is 2.24. The van der Waals surface area contributed by atoms with Crippen LogP contribution in [0.1, 0.15) is 38.4 Å². The van der Waals surface area contributed by atoms with Crippen molar-refractivity contribution in [3.8, 4) is 0 Å². The van der Waals surface area contributed by atoms with Gasteiger partial charge in [-0.1, -0.05) is 12.1 Å². The fourth-order valence-corrected chi connectivity index (χ4v) is 3.63. The average Bonchev–Trinajstić information content (AvgIpc) is 3.24. The van der Waals surface area contributed by atoms with Gasteiger partial charge in [0.05, 0.1) is 0 Å². The molecule has 1 atom stereocenters. The predicted octanol–water partition coefficient (Wildman–Crippen LogP) is 1.60. The van der Waals surface area contributed by atoms with Gasteiger partial charge in [-0.05, 0) is 38.7 Å². The Morgan fingerprint density at radius 3 is 3.00 bits per heavy atom. The topological polar surface area (TPSA) is 111 Å². The van der Waals surface area contributed by atoms with Crippen molar-refractivity contribution in [3.63, 3.8) is 0 Å². The fraction of sp³-hybridized carbons (Fsp3) is 0.500. The van der Waals surface area contributed by atoms with Crippen LogP contribution in [0.3, 0.4) is 0 Å². The van der Waals surface area contributed by atoms with Crippen LogP contribution >= 0.6 is 0 Å². The van der Waals surface area contributed by atoms with Gasteiger partial charge < -0.3 is 14.7 Å². The van der Waals surface area contributed by atoms with Gasteiger partial charge in [0.1, 0.15) is 18.1 Å². The summed E-state index contributed by atoms with van der Waals surface area (Å²) in [5.74, 6) is 1.57. The molecule has 1 amide bonds. The Morgan fingerprint density at radius 1 is 1.39 bits per heavy atom. The molecule has 1 saturated heterocycles. The molecule has 10 heteroatoms. The highest BCUT2D eigenvalue weighted by atomic mass is 16.5. The summed E-state index contributed by atoms with van der Waals surface area (Å²) in [4.78, 5) is 31.6. The molecule has 4 heterocycles. The number of hydrogen-bond donors (Lipinski definition) is 1. The van der Waals surface area contributed by atoms with E-state index in [2.05, 4.69) is 32.4 Å². The second-order valence-corrected chi connectivity index (χ2v) is 7.02. The highest BCUT2D eigenvalue weighted by Gasteiger charge is 2.23. The highest BCUT2D eigenvalue weighted by molar-refractivity contribution is 5.89. The van der Waals surface area contributed by atoms with E-state index in [0.717, 1.165) is 36.3 Å². The van der Waals surface area contributed by atoms with E-state index < -0.39 is 11.6 Å². The summed E-state index contributed by atoms with van der Waals surface area (Å²) in [6, 6.07) is 3.89. The number of hydrogen-bond acceptors (Lipinski definition) is 7. The van der Waals surface area contributed by atoms with E-state index in [-0.39, 0.29) is 12.3 Å².